The molecule has 5 heteroatoms. The molecule has 1 fully saturated rings. The van der Waals surface area contributed by atoms with Gasteiger partial charge in [0.2, 0.25) is 0 Å². The molecule has 2 N–H and O–H groups in total. The van der Waals surface area contributed by atoms with Gasteiger partial charge in [-0.25, -0.2) is 8.42 Å². The fraction of sp³-hybridized carbons (Fsp3) is 0.500. The molecule has 1 aromatic rings. The zero-order valence-electron chi connectivity index (χ0n) is 8.39. The van der Waals surface area contributed by atoms with Crippen molar-refractivity contribution in [2.24, 2.45) is 5.73 Å². The maximum absolute atomic E-state index is 11.8. The first-order valence-corrected chi connectivity index (χ1v) is 6.71. The Bertz CT molecular complexity index is 456. The predicted octanol–water partition coefficient (Wildman–Crippen LogP) is 0.790. The summed E-state index contributed by atoms with van der Waals surface area (Å²) in [5.41, 5.74) is 7.25. The first-order chi connectivity index (χ1) is 7.15. The van der Waals surface area contributed by atoms with Crippen LogP contribution in [0.3, 0.4) is 0 Å². The van der Waals surface area contributed by atoms with E-state index >= 15 is 0 Å². The van der Waals surface area contributed by atoms with Crippen LogP contribution in [-0.2, 0) is 16.4 Å². The average Bonchev–Trinajstić information content (AvgIpc) is 2.58. The molecule has 0 amide bonds. The fourth-order valence-electron chi connectivity index (χ4n) is 2.06. The smallest absolute Gasteiger partial charge is 0.157 e. The molecule has 1 aromatic heterocycles. The highest BCUT2D eigenvalue weighted by Gasteiger charge is 2.33. The lowest BCUT2D eigenvalue weighted by molar-refractivity contribution is 0.591. The van der Waals surface area contributed by atoms with E-state index in [4.69, 9.17) is 5.73 Å². The van der Waals surface area contributed by atoms with Crippen molar-refractivity contribution in [3.8, 4) is 0 Å². The molecule has 0 radical (unpaired) electrons. The van der Waals surface area contributed by atoms with Crippen LogP contribution in [0.4, 0.5) is 0 Å². The number of aromatic nitrogens is 1. The van der Waals surface area contributed by atoms with Gasteiger partial charge in [-0.2, -0.15) is 0 Å². The van der Waals surface area contributed by atoms with Gasteiger partial charge in [0, 0.05) is 18.9 Å². The number of pyridine rings is 1. The SMILES string of the molecule is NCc1cnccc1C1CCCS1(=O)=O. The van der Waals surface area contributed by atoms with Crippen molar-refractivity contribution < 1.29 is 8.42 Å². The van der Waals surface area contributed by atoms with Gasteiger partial charge in [0.05, 0.1) is 11.0 Å². The van der Waals surface area contributed by atoms with Gasteiger partial charge >= 0.3 is 0 Å². The van der Waals surface area contributed by atoms with Crippen LogP contribution < -0.4 is 5.73 Å². The Labute approximate surface area is 89.4 Å². The number of hydrogen-bond acceptors (Lipinski definition) is 4. The molecule has 1 atom stereocenters. The van der Waals surface area contributed by atoms with Crippen molar-refractivity contribution in [3.63, 3.8) is 0 Å². The third-order valence-electron chi connectivity index (χ3n) is 2.84. The van der Waals surface area contributed by atoms with Gasteiger partial charge in [-0.15, -0.1) is 0 Å². The fourth-order valence-corrected chi connectivity index (χ4v) is 4.06. The number of sulfone groups is 1. The molecule has 4 nitrogen and oxygen atoms in total. The van der Waals surface area contributed by atoms with E-state index in [2.05, 4.69) is 4.98 Å². The Morgan fingerprint density at radius 2 is 2.33 bits per heavy atom. The summed E-state index contributed by atoms with van der Waals surface area (Å²) in [6, 6.07) is 1.77. The van der Waals surface area contributed by atoms with Crippen LogP contribution in [0.15, 0.2) is 18.5 Å². The van der Waals surface area contributed by atoms with E-state index < -0.39 is 9.84 Å². The highest BCUT2D eigenvalue weighted by molar-refractivity contribution is 7.91. The van der Waals surface area contributed by atoms with E-state index in [9.17, 15) is 8.42 Å². The van der Waals surface area contributed by atoms with Crippen molar-refractivity contribution >= 4 is 9.84 Å². The standard InChI is InChI=1S/C10H14N2O2S/c11-6-8-7-12-4-3-9(8)10-2-1-5-15(10,13)14/h3-4,7,10H,1-2,5-6,11H2. The molecule has 1 aliphatic rings. The second-order valence-electron chi connectivity index (χ2n) is 3.78. The molecule has 2 heterocycles. The zero-order valence-corrected chi connectivity index (χ0v) is 9.20. The summed E-state index contributed by atoms with van der Waals surface area (Å²) in [5, 5.41) is -0.362. The van der Waals surface area contributed by atoms with Gasteiger partial charge in [0.25, 0.3) is 0 Å². The molecule has 1 aliphatic heterocycles. The monoisotopic (exact) mass is 226 g/mol. The molecular weight excluding hydrogens is 212 g/mol. The Balaban J connectivity index is 2.45. The molecule has 0 saturated carbocycles. The van der Waals surface area contributed by atoms with E-state index in [-0.39, 0.29) is 5.25 Å². The van der Waals surface area contributed by atoms with E-state index in [1.54, 1.807) is 18.5 Å². The molecule has 82 valence electrons. The van der Waals surface area contributed by atoms with E-state index in [1.165, 1.54) is 0 Å². The highest BCUT2D eigenvalue weighted by atomic mass is 32.2. The lowest BCUT2D eigenvalue weighted by atomic mass is 10.0. The summed E-state index contributed by atoms with van der Waals surface area (Å²) in [4.78, 5) is 3.96. The zero-order chi connectivity index (χ0) is 10.9. The molecular formula is C10H14N2O2S. The summed E-state index contributed by atoms with van der Waals surface area (Å²) >= 11 is 0. The summed E-state index contributed by atoms with van der Waals surface area (Å²) in [6.45, 7) is 0.342. The molecule has 15 heavy (non-hydrogen) atoms. The Morgan fingerprint density at radius 1 is 1.53 bits per heavy atom. The van der Waals surface area contributed by atoms with Gasteiger partial charge < -0.3 is 5.73 Å². The van der Waals surface area contributed by atoms with E-state index in [0.29, 0.717) is 18.7 Å². The minimum atomic E-state index is -2.96. The second-order valence-corrected chi connectivity index (χ2v) is 6.08. The van der Waals surface area contributed by atoms with E-state index in [1.807, 2.05) is 0 Å². The quantitative estimate of drug-likeness (QED) is 0.809. The van der Waals surface area contributed by atoms with Gasteiger partial charge in [-0.05, 0) is 30.0 Å². The van der Waals surface area contributed by atoms with Gasteiger partial charge in [-0.1, -0.05) is 0 Å². The van der Waals surface area contributed by atoms with Crippen LogP contribution in [-0.4, -0.2) is 19.2 Å². The molecule has 0 spiro atoms. The Kier molecular flexibility index (Phi) is 2.75. The Hall–Kier alpha value is -0.940. The minimum absolute atomic E-state index is 0.296. The number of nitrogens with zero attached hydrogens (tertiary/aromatic N) is 1. The first-order valence-electron chi connectivity index (χ1n) is 4.99. The van der Waals surface area contributed by atoms with Crippen molar-refractivity contribution in [1.82, 2.24) is 4.98 Å². The van der Waals surface area contributed by atoms with Crippen molar-refractivity contribution in [2.45, 2.75) is 24.6 Å². The molecule has 2 rings (SSSR count). The van der Waals surface area contributed by atoms with Gasteiger partial charge in [0.15, 0.2) is 9.84 Å². The normalized spacial score (nSPS) is 24.2. The third kappa shape index (κ3) is 1.89. The first kappa shape index (κ1) is 10.6. The number of nitrogens with two attached hydrogens (primary N) is 1. The van der Waals surface area contributed by atoms with Crippen LogP contribution >= 0.6 is 0 Å². The lowest BCUT2D eigenvalue weighted by Crippen LogP contribution is -2.12. The molecule has 1 unspecified atom stereocenters. The van der Waals surface area contributed by atoms with Crippen LogP contribution in [0.5, 0.6) is 0 Å². The average molecular weight is 226 g/mol. The summed E-state index contributed by atoms with van der Waals surface area (Å²) in [5.74, 6) is 0.296. The summed E-state index contributed by atoms with van der Waals surface area (Å²) in [7, 11) is -2.96. The number of rotatable bonds is 2. The molecule has 1 saturated heterocycles. The van der Waals surface area contributed by atoms with Crippen molar-refractivity contribution in [3.05, 3.63) is 29.6 Å². The van der Waals surface area contributed by atoms with Crippen LogP contribution in [0.1, 0.15) is 29.2 Å². The predicted molar refractivity (Wildman–Crippen MR) is 57.9 cm³/mol. The van der Waals surface area contributed by atoms with Gasteiger partial charge in [-0.3, -0.25) is 4.98 Å². The van der Waals surface area contributed by atoms with Crippen LogP contribution in [0.2, 0.25) is 0 Å². The topological polar surface area (TPSA) is 73.0 Å². The highest BCUT2D eigenvalue weighted by Crippen LogP contribution is 2.35. The number of hydrogen-bond donors (Lipinski definition) is 1. The van der Waals surface area contributed by atoms with Crippen molar-refractivity contribution in [1.29, 1.82) is 0 Å². The van der Waals surface area contributed by atoms with E-state index in [0.717, 1.165) is 17.5 Å². The summed E-state index contributed by atoms with van der Waals surface area (Å²) in [6.07, 6.45) is 4.74. The largest absolute Gasteiger partial charge is 0.326 e. The second kappa shape index (κ2) is 3.90. The van der Waals surface area contributed by atoms with Crippen LogP contribution in [0, 0.1) is 0 Å². The molecule has 0 bridgehead atoms. The van der Waals surface area contributed by atoms with Gasteiger partial charge in [0.1, 0.15) is 0 Å². The van der Waals surface area contributed by atoms with Crippen LogP contribution in [0.25, 0.3) is 0 Å². The minimum Gasteiger partial charge on any atom is -0.326 e. The molecule has 0 aliphatic carbocycles. The maximum atomic E-state index is 11.8. The maximum Gasteiger partial charge on any atom is 0.157 e. The third-order valence-corrected chi connectivity index (χ3v) is 5.05. The lowest BCUT2D eigenvalue weighted by Gasteiger charge is -2.13. The Morgan fingerprint density at radius 3 is 2.93 bits per heavy atom. The summed E-state index contributed by atoms with van der Waals surface area (Å²) < 4.78 is 23.5. The molecule has 0 aromatic carbocycles. The van der Waals surface area contributed by atoms with Crippen molar-refractivity contribution in [2.75, 3.05) is 5.75 Å².